The number of nitrogens with two attached hydrogens (primary N) is 1. The second-order valence-electron chi connectivity index (χ2n) is 4.52. The van der Waals surface area contributed by atoms with Crippen LogP contribution in [0.15, 0.2) is 29.2 Å². The first-order chi connectivity index (χ1) is 8.79. The molecule has 3 nitrogen and oxygen atoms in total. The molecule has 0 aromatic heterocycles. The first kappa shape index (κ1) is 13.8. The quantitative estimate of drug-likeness (QED) is 0.489. The molecule has 100 valence electrons. The highest BCUT2D eigenvalue weighted by atomic mass is 32.2. The first-order valence-electron chi connectivity index (χ1n) is 6.22. The summed E-state index contributed by atoms with van der Waals surface area (Å²) in [4.78, 5) is 0.937. The van der Waals surface area contributed by atoms with Gasteiger partial charge in [-0.25, -0.2) is 4.39 Å². The summed E-state index contributed by atoms with van der Waals surface area (Å²) in [5.74, 6) is 6.68. The monoisotopic (exact) mass is 270 g/mol. The van der Waals surface area contributed by atoms with Crippen molar-refractivity contribution in [3.05, 3.63) is 30.1 Å². The lowest BCUT2D eigenvalue weighted by Gasteiger charge is -2.29. The minimum Gasteiger partial charge on any atom is -0.381 e. The second-order valence-corrected chi connectivity index (χ2v) is 5.61. The molecule has 3 N–H and O–H groups in total. The molecular formula is C13H19FN2OS. The highest BCUT2D eigenvalue weighted by Crippen LogP contribution is 2.24. The summed E-state index contributed by atoms with van der Waals surface area (Å²) < 4.78 is 18.5. The average Bonchev–Trinajstić information content (AvgIpc) is 2.41. The number of ether oxygens (including phenoxy) is 1. The van der Waals surface area contributed by atoms with Crippen molar-refractivity contribution >= 4 is 11.8 Å². The van der Waals surface area contributed by atoms with Crippen LogP contribution in [-0.4, -0.2) is 25.0 Å². The zero-order valence-electron chi connectivity index (χ0n) is 10.3. The molecule has 0 amide bonds. The summed E-state index contributed by atoms with van der Waals surface area (Å²) in [5.41, 5.74) is 2.86. The van der Waals surface area contributed by atoms with Gasteiger partial charge in [0.1, 0.15) is 5.82 Å². The van der Waals surface area contributed by atoms with Crippen molar-refractivity contribution in [1.29, 1.82) is 0 Å². The predicted octanol–water partition coefficient (Wildman–Crippen LogP) is 2.18. The predicted molar refractivity (Wildman–Crippen MR) is 71.8 cm³/mol. The third kappa shape index (κ3) is 3.95. The van der Waals surface area contributed by atoms with Crippen LogP contribution in [0.1, 0.15) is 12.8 Å². The van der Waals surface area contributed by atoms with Gasteiger partial charge in [-0.1, -0.05) is 6.07 Å². The van der Waals surface area contributed by atoms with Crippen molar-refractivity contribution in [1.82, 2.24) is 5.43 Å². The van der Waals surface area contributed by atoms with Gasteiger partial charge in [-0.3, -0.25) is 11.3 Å². The number of hydrogen-bond acceptors (Lipinski definition) is 4. The molecule has 2 rings (SSSR count). The minimum atomic E-state index is -0.196. The molecule has 0 radical (unpaired) electrons. The second kappa shape index (κ2) is 7.09. The number of halogens is 1. The van der Waals surface area contributed by atoms with Gasteiger partial charge in [0.2, 0.25) is 0 Å². The van der Waals surface area contributed by atoms with Crippen molar-refractivity contribution in [3.8, 4) is 0 Å². The van der Waals surface area contributed by atoms with Gasteiger partial charge in [0.05, 0.1) is 6.61 Å². The molecule has 1 aliphatic heterocycles. The molecule has 2 atom stereocenters. The van der Waals surface area contributed by atoms with E-state index in [0.29, 0.717) is 5.92 Å². The van der Waals surface area contributed by atoms with Gasteiger partial charge in [-0.15, -0.1) is 11.8 Å². The lowest BCUT2D eigenvalue weighted by molar-refractivity contribution is 0.0427. The summed E-state index contributed by atoms with van der Waals surface area (Å²) >= 11 is 1.62. The SMILES string of the molecule is NNC(CSc1cccc(F)c1)C1CCCOC1. The maximum Gasteiger partial charge on any atom is 0.124 e. The number of nitrogens with one attached hydrogen (secondary N) is 1. The molecule has 1 aromatic carbocycles. The van der Waals surface area contributed by atoms with Gasteiger partial charge >= 0.3 is 0 Å². The normalized spacial score (nSPS) is 21.8. The molecule has 1 saturated heterocycles. The summed E-state index contributed by atoms with van der Waals surface area (Å²) in [7, 11) is 0. The van der Waals surface area contributed by atoms with Crippen molar-refractivity contribution in [2.45, 2.75) is 23.8 Å². The summed E-state index contributed by atoms with van der Waals surface area (Å²) in [6.45, 7) is 1.61. The summed E-state index contributed by atoms with van der Waals surface area (Å²) in [6.07, 6.45) is 2.23. The zero-order valence-corrected chi connectivity index (χ0v) is 11.1. The summed E-state index contributed by atoms with van der Waals surface area (Å²) in [5, 5.41) is 0. The van der Waals surface area contributed by atoms with Crippen LogP contribution < -0.4 is 11.3 Å². The largest absolute Gasteiger partial charge is 0.381 e. The maximum atomic E-state index is 13.1. The van der Waals surface area contributed by atoms with E-state index in [4.69, 9.17) is 10.6 Å². The van der Waals surface area contributed by atoms with Gasteiger partial charge in [0.15, 0.2) is 0 Å². The molecule has 2 unspecified atom stereocenters. The van der Waals surface area contributed by atoms with Crippen LogP contribution in [0.5, 0.6) is 0 Å². The Labute approximate surface area is 111 Å². The van der Waals surface area contributed by atoms with E-state index in [1.54, 1.807) is 23.9 Å². The summed E-state index contributed by atoms with van der Waals surface area (Å²) in [6, 6.07) is 6.86. The van der Waals surface area contributed by atoms with E-state index in [2.05, 4.69) is 5.43 Å². The Morgan fingerprint density at radius 2 is 2.44 bits per heavy atom. The number of hydrazine groups is 1. The van der Waals surface area contributed by atoms with E-state index >= 15 is 0 Å². The fraction of sp³-hybridized carbons (Fsp3) is 0.538. The Kier molecular flexibility index (Phi) is 5.44. The molecule has 0 bridgehead atoms. The molecule has 1 aromatic rings. The topological polar surface area (TPSA) is 47.3 Å². The van der Waals surface area contributed by atoms with Crippen LogP contribution >= 0.6 is 11.8 Å². The van der Waals surface area contributed by atoms with E-state index < -0.39 is 0 Å². The standard InChI is InChI=1S/C13H19FN2OS/c14-11-4-1-5-12(7-11)18-9-13(16-15)10-3-2-6-17-8-10/h1,4-5,7,10,13,16H,2-3,6,8-9,15H2. The van der Waals surface area contributed by atoms with Crippen molar-refractivity contribution in [3.63, 3.8) is 0 Å². The van der Waals surface area contributed by atoms with Gasteiger partial charge in [-0.2, -0.15) is 0 Å². The highest BCUT2D eigenvalue weighted by Gasteiger charge is 2.23. The van der Waals surface area contributed by atoms with Crippen LogP contribution in [-0.2, 0) is 4.74 Å². The molecule has 0 aliphatic carbocycles. The highest BCUT2D eigenvalue weighted by molar-refractivity contribution is 7.99. The maximum absolute atomic E-state index is 13.1. The Morgan fingerprint density at radius 3 is 3.11 bits per heavy atom. The van der Waals surface area contributed by atoms with Crippen LogP contribution in [0.2, 0.25) is 0 Å². The van der Waals surface area contributed by atoms with Crippen LogP contribution in [0.4, 0.5) is 4.39 Å². The molecule has 1 fully saturated rings. The molecular weight excluding hydrogens is 251 g/mol. The molecule has 18 heavy (non-hydrogen) atoms. The molecule has 0 saturated carbocycles. The number of rotatable bonds is 5. The number of hydrogen-bond donors (Lipinski definition) is 2. The smallest absolute Gasteiger partial charge is 0.124 e. The van der Waals surface area contributed by atoms with Gasteiger partial charge in [0.25, 0.3) is 0 Å². The number of benzene rings is 1. The Hall–Kier alpha value is -0.620. The minimum absolute atomic E-state index is 0.196. The Balaban J connectivity index is 1.86. The fourth-order valence-electron chi connectivity index (χ4n) is 2.15. The average molecular weight is 270 g/mol. The van der Waals surface area contributed by atoms with E-state index in [1.165, 1.54) is 6.07 Å². The van der Waals surface area contributed by atoms with Crippen LogP contribution in [0.3, 0.4) is 0 Å². The lowest BCUT2D eigenvalue weighted by atomic mass is 9.95. The van der Waals surface area contributed by atoms with Crippen LogP contribution in [0.25, 0.3) is 0 Å². The van der Waals surface area contributed by atoms with Gasteiger partial charge in [0, 0.05) is 23.3 Å². The van der Waals surface area contributed by atoms with Gasteiger partial charge in [-0.05, 0) is 37.0 Å². The van der Waals surface area contributed by atoms with Crippen molar-refractivity contribution in [2.75, 3.05) is 19.0 Å². The van der Waals surface area contributed by atoms with Gasteiger partial charge < -0.3 is 4.74 Å². The zero-order chi connectivity index (χ0) is 12.8. The Morgan fingerprint density at radius 1 is 1.56 bits per heavy atom. The van der Waals surface area contributed by atoms with Crippen molar-refractivity contribution < 1.29 is 9.13 Å². The number of thioether (sulfide) groups is 1. The molecule has 1 heterocycles. The van der Waals surface area contributed by atoms with Crippen molar-refractivity contribution in [2.24, 2.45) is 11.8 Å². The Bertz CT molecular complexity index is 372. The third-order valence-electron chi connectivity index (χ3n) is 3.20. The molecule has 1 aliphatic rings. The van der Waals surface area contributed by atoms with E-state index in [0.717, 1.165) is 36.7 Å². The van der Waals surface area contributed by atoms with E-state index in [-0.39, 0.29) is 11.9 Å². The van der Waals surface area contributed by atoms with E-state index in [1.807, 2.05) is 6.07 Å². The molecule has 5 heteroatoms. The van der Waals surface area contributed by atoms with E-state index in [9.17, 15) is 4.39 Å². The third-order valence-corrected chi connectivity index (χ3v) is 4.32. The van der Waals surface area contributed by atoms with Crippen LogP contribution in [0, 0.1) is 11.7 Å². The first-order valence-corrected chi connectivity index (χ1v) is 7.20. The molecule has 0 spiro atoms. The lowest BCUT2D eigenvalue weighted by Crippen LogP contribution is -2.45. The fourth-order valence-corrected chi connectivity index (χ4v) is 3.26.